The summed E-state index contributed by atoms with van der Waals surface area (Å²) >= 11 is 0. The molecule has 61 heavy (non-hydrogen) atoms. The van der Waals surface area contributed by atoms with Crippen LogP contribution in [0.3, 0.4) is 0 Å². The molecule has 9 fully saturated rings. The van der Waals surface area contributed by atoms with Crippen LogP contribution in [0, 0.1) is 47.3 Å². The Hall–Kier alpha value is 0.319. The van der Waals surface area contributed by atoms with Crippen molar-refractivity contribution >= 4 is 23.9 Å². The van der Waals surface area contributed by atoms with Gasteiger partial charge in [-0.1, -0.05) is 91.9 Å². The van der Waals surface area contributed by atoms with Crippen molar-refractivity contribution < 1.29 is 18.9 Å². The first-order valence-corrected chi connectivity index (χ1v) is 26.2. The second-order valence-corrected chi connectivity index (χ2v) is 20.9. The molecule has 13 heteroatoms. The van der Waals surface area contributed by atoms with Crippen LogP contribution in [0.15, 0.2) is 0 Å². The molecule has 9 rings (SSSR count). The predicted molar refractivity (Wildman–Crippen MR) is 246 cm³/mol. The number of hydrogen-bond acceptors (Lipinski definition) is 12. The third-order valence-electron chi connectivity index (χ3n) is 17.2. The van der Waals surface area contributed by atoms with E-state index < -0.39 is 0 Å². The predicted octanol–water partition coefficient (Wildman–Crippen LogP) is 4.87. The van der Waals surface area contributed by atoms with Gasteiger partial charge in [0.25, 0.3) is 0 Å². The van der Waals surface area contributed by atoms with Gasteiger partial charge in [-0.2, -0.15) is 0 Å². The van der Waals surface area contributed by atoms with Gasteiger partial charge in [0.15, 0.2) is 0 Å². The van der Waals surface area contributed by atoms with Crippen molar-refractivity contribution in [2.45, 2.75) is 230 Å². The van der Waals surface area contributed by atoms with Crippen LogP contribution in [-0.2, 0) is 18.9 Å². The summed E-state index contributed by atoms with van der Waals surface area (Å²) in [5.74, 6) is 4.00. The number of unbranched alkanes of at least 4 members (excludes halogenated alkanes) is 4. The van der Waals surface area contributed by atoms with E-state index in [-0.39, 0.29) is 97.2 Å². The molecule has 2 radical (unpaired) electrons. The van der Waals surface area contributed by atoms with Gasteiger partial charge in [-0.25, -0.2) is 0 Å². The van der Waals surface area contributed by atoms with E-state index in [1.54, 1.807) is 0 Å². The van der Waals surface area contributed by atoms with E-state index in [0.717, 1.165) is 77.8 Å². The van der Waals surface area contributed by atoms with Crippen molar-refractivity contribution in [1.82, 2.24) is 42.5 Å². The van der Waals surface area contributed by atoms with Crippen LogP contribution < -0.4 is 42.5 Å². The summed E-state index contributed by atoms with van der Waals surface area (Å²) in [4.78, 5) is 0. The summed E-state index contributed by atoms with van der Waals surface area (Å²) < 4.78 is 28.7. The second kappa shape index (κ2) is 22.9. The van der Waals surface area contributed by atoms with E-state index in [9.17, 15) is 0 Å². The van der Waals surface area contributed by atoms with Crippen molar-refractivity contribution in [3.63, 3.8) is 0 Å². The standard InChI is InChI=1S/C48H88N8O4.Sn.2H/c1-5-9-25-57-37-35-36(38(58-26-10-6-2)40(60-28-12-8-4)39(37)59-27-11-7-3)48-55-46-34-24-18-16-22-32(34)44(53-46)51-42-30-20-14-13-19-29(30)41(49-42)50-43-31-21-15-17-23-33(31)45(52-43)54-47(35)56-48;;;/h29-56H,5-28H2,1-4H3;;;. The Morgan fingerprint density at radius 2 is 0.525 bits per heavy atom. The van der Waals surface area contributed by atoms with Gasteiger partial charge in [-0.3, -0.25) is 42.5 Å². The van der Waals surface area contributed by atoms with Crippen LogP contribution in [0.1, 0.15) is 156 Å². The van der Waals surface area contributed by atoms with Gasteiger partial charge in [-0.05, 0) is 99.7 Å². The summed E-state index contributed by atoms with van der Waals surface area (Å²) in [6.45, 7) is 12.0. The van der Waals surface area contributed by atoms with Crippen LogP contribution >= 0.6 is 0 Å². The fourth-order valence-corrected chi connectivity index (χ4v) is 14.2. The number of rotatable bonds is 16. The molecular formula is C48H90N8O4Sn. The first kappa shape index (κ1) is 47.8. The van der Waals surface area contributed by atoms with Gasteiger partial charge in [-0.15, -0.1) is 0 Å². The van der Waals surface area contributed by atoms with E-state index in [2.05, 4.69) is 70.2 Å². The van der Waals surface area contributed by atoms with Crippen LogP contribution in [0.5, 0.6) is 0 Å². The Kier molecular flexibility index (Phi) is 17.9. The molecule has 350 valence electrons. The van der Waals surface area contributed by atoms with Crippen LogP contribution in [0.2, 0.25) is 0 Å². The van der Waals surface area contributed by atoms with Crippen molar-refractivity contribution in [1.29, 1.82) is 0 Å². The Morgan fingerprint density at radius 1 is 0.311 bits per heavy atom. The quantitative estimate of drug-likeness (QED) is 0.0794. The minimum atomic E-state index is -0.198. The Bertz CT molecular complexity index is 1230. The van der Waals surface area contributed by atoms with Gasteiger partial charge in [0.1, 0.15) is 12.2 Å². The van der Waals surface area contributed by atoms with Crippen molar-refractivity contribution in [3.05, 3.63) is 0 Å². The Morgan fingerprint density at radius 3 is 0.770 bits per heavy atom. The van der Waals surface area contributed by atoms with Crippen molar-refractivity contribution in [2.24, 2.45) is 47.3 Å². The van der Waals surface area contributed by atoms with Gasteiger partial charge < -0.3 is 18.9 Å². The number of fused-ring (bicyclic) bond motifs is 20. The van der Waals surface area contributed by atoms with Crippen molar-refractivity contribution in [2.75, 3.05) is 26.4 Å². The molecule has 4 saturated carbocycles. The number of hydrogen-bond donors (Lipinski definition) is 8. The molecule has 0 aromatic heterocycles. The molecule has 0 aromatic carbocycles. The summed E-state index contributed by atoms with van der Waals surface area (Å²) in [5, 5.41) is 34.6. The third-order valence-corrected chi connectivity index (χ3v) is 17.2. The summed E-state index contributed by atoms with van der Waals surface area (Å²) in [7, 11) is 0. The molecule has 8 bridgehead atoms. The molecule has 5 saturated heterocycles. The molecule has 8 N–H and O–H groups in total. The Balaban J connectivity index is 0.00000514. The molecule has 20 unspecified atom stereocenters. The normalized spacial score (nSPS) is 46.6. The third kappa shape index (κ3) is 10.3. The monoisotopic (exact) mass is 963 g/mol. The maximum atomic E-state index is 7.25. The zero-order valence-corrected chi connectivity index (χ0v) is 42.9. The average molecular weight is 962 g/mol. The average Bonchev–Trinajstić information content (AvgIpc) is 4.01. The van der Waals surface area contributed by atoms with Crippen LogP contribution in [0.25, 0.3) is 0 Å². The number of ether oxygens (including phenoxy) is 4. The maximum absolute atomic E-state index is 7.25. The molecular weight excluding hydrogens is 871 g/mol. The molecule has 9 aliphatic rings. The van der Waals surface area contributed by atoms with E-state index in [1.165, 1.54) is 77.0 Å². The molecule has 20 atom stereocenters. The van der Waals surface area contributed by atoms with E-state index in [1.807, 2.05) is 0 Å². The molecule has 5 heterocycles. The SMILES string of the molecule is CCCCOC1C(OCCCC)C(OCCCC)C2C3NC4NC(NC5NC(NC6NC(NC(N3)C2C1OCCCC)C1CCCCC61)C1CCCCC51)C1CCCCC41.[SnH2]. The van der Waals surface area contributed by atoms with Crippen molar-refractivity contribution in [3.8, 4) is 0 Å². The summed E-state index contributed by atoms with van der Waals surface area (Å²) in [6.07, 6.45) is 25.4. The minimum absolute atomic E-state index is 0. The zero-order valence-electron chi connectivity index (χ0n) is 38.9. The first-order chi connectivity index (χ1) is 29.6. The molecule has 4 aliphatic carbocycles. The zero-order chi connectivity index (χ0) is 41.0. The van der Waals surface area contributed by atoms with E-state index in [4.69, 9.17) is 18.9 Å². The summed E-state index contributed by atoms with van der Waals surface area (Å²) in [5.41, 5.74) is 0. The van der Waals surface area contributed by atoms with Gasteiger partial charge in [0.05, 0.1) is 61.5 Å². The van der Waals surface area contributed by atoms with Gasteiger partial charge >= 0.3 is 23.9 Å². The van der Waals surface area contributed by atoms with Gasteiger partial charge in [0, 0.05) is 38.3 Å². The molecule has 0 amide bonds. The fourth-order valence-electron chi connectivity index (χ4n) is 14.2. The topological polar surface area (TPSA) is 133 Å². The van der Waals surface area contributed by atoms with Gasteiger partial charge in [0.2, 0.25) is 0 Å². The van der Waals surface area contributed by atoms with Crippen LogP contribution in [0.4, 0.5) is 0 Å². The van der Waals surface area contributed by atoms with E-state index in [0.29, 0.717) is 47.8 Å². The van der Waals surface area contributed by atoms with Crippen LogP contribution in [-0.4, -0.2) is 124 Å². The van der Waals surface area contributed by atoms with E-state index >= 15 is 0 Å². The Labute approximate surface area is 387 Å². The molecule has 5 aliphatic heterocycles. The summed E-state index contributed by atoms with van der Waals surface area (Å²) in [6, 6.07) is 0. The molecule has 0 spiro atoms. The fraction of sp³-hybridized carbons (Fsp3) is 1.00. The number of nitrogens with one attached hydrogen (secondary N) is 8. The first-order valence-electron chi connectivity index (χ1n) is 26.2. The second-order valence-electron chi connectivity index (χ2n) is 20.9. The molecule has 0 aromatic rings. The molecule has 12 nitrogen and oxygen atoms in total.